The number of hydrogen-bond acceptors (Lipinski definition) is 6. The molecule has 2 saturated heterocycles. The Morgan fingerprint density at radius 2 is 2.26 bits per heavy atom. The van der Waals surface area contributed by atoms with Crippen LogP contribution in [0, 0.1) is 6.92 Å². The predicted molar refractivity (Wildman–Crippen MR) is 74.6 cm³/mol. The first-order valence-electron chi connectivity index (χ1n) is 6.82. The minimum atomic E-state index is -0.0430. The van der Waals surface area contributed by atoms with Crippen LogP contribution >= 0.6 is 11.3 Å². The number of esters is 1. The van der Waals surface area contributed by atoms with Crippen LogP contribution in [-0.2, 0) is 9.53 Å². The summed E-state index contributed by atoms with van der Waals surface area (Å²) in [5.41, 5.74) is 1.08. The average Bonchev–Trinajstić information content (AvgIpc) is 2.93. The van der Waals surface area contributed by atoms with Crippen molar-refractivity contribution >= 4 is 22.4 Å². The molecule has 1 atom stereocenters. The highest BCUT2D eigenvalue weighted by atomic mass is 32.1. The number of aromatic nitrogens is 1. The highest BCUT2D eigenvalue weighted by Crippen LogP contribution is 2.23. The van der Waals surface area contributed by atoms with Crippen LogP contribution in [0.1, 0.15) is 18.5 Å². The van der Waals surface area contributed by atoms with E-state index in [1.165, 1.54) is 0 Å². The van der Waals surface area contributed by atoms with Crippen molar-refractivity contribution in [2.24, 2.45) is 0 Å². The molecule has 0 aliphatic carbocycles. The minimum Gasteiger partial charge on any atom is -0.464 e. The number of aryl methyl sites for hydroxylation is 1. The lowest BCUT2D eigenvalue weighted by atomic mass is 10.2. The van der Waals surface area contributed by atoms with Gasteiger partial charge in [0.1, 0.15) is 6.04 Å². The average molecular weight is 281 g/mol. The van der Waals surface area contributed by atoms with Crippen LogP contribution < -0.4 is 4.90 Å². The second-order valence-electron chi connectivity index (χ2n) is 5.12. The number of anilines is 1. The molecule has 19 heavy (non-hydrogen) atoms. The van der Waals surface area contributed by atoms with Gasteiger partial charge in [-0.3, -0.25) is 9.69 Å². The smallest absolute Gasteiger partial charge is 0.323 e. The number of carbonyl (C=O) groups is 1. The molecule has 0 spiro atoms. The lowest BCUT2D eigenvalue weighted by molar-refractivity contribution is -0.142. The largest absolute Gasteiger partial charge is 0.464 e. The maximum atomic E-state index is 11.7. The summed E-state index contributed by atoms with van der Waals surface area (Å²) in [6.07, 6.45) is 1.91. The number of carbonyl (C=O) groups excluding carboxylic acids is 1. The van der Waals surface area contributed by atoms with Gasteiger partial charge in [-0.1, -0.05) is 0 Å². The van der Waals surface area contributed by atoms with E-state index in [9.17, 15) is 4.79 Å². The summed E-state index contributed by atoms with van der Waals surface area (Å²) in [4.78, 5) is 20.8. The quantitative estimate of drug-likeness (QED) is 0.764. The zero-order valence-corrected chi connectivity index (χ0v) is 12.0. The molecule has 1 unspecified atom stereocenters. The molecule has 5 nitrogen and oxygen atoms in total. The Bertz CT molecular complexity index is 462. The number of rotatable bonds is 2. The first-order chi connectivity index (χ1) is 9.24. The highest BCUT2D eigenvalue weighted by molar-refractivity contribution is 7.13. The summed E-state index contributed by atoms with van der Waals surface area (Å²) in [6.45, 7) is 6.45. The molecular formula is C13H19N3O2S. The number of thiazole rings is 1. The maximum absolute atomic E-state index is 11.7. The van der Waals surface area contributed by atoms with Gasteiger partial charge in [0.05, 0.1) is 12.3 Å². The maximum Gasteiger partial charge on any atom is 0.323 e. The van der Waals surface area contributed by atoms with Crippen LogP contribution in [0.3, 0.4) is 0 Å². The van der Waals surface area contributed by atoms with E-state index in [2.05, 4.69) is 20.2 Å². The number of cyclic esters (lactones) is 1. The molecule has 2 aliphatic rings. The Kier molecular flexibility index (Phi) is 3.70. The zero-order chi connectivity index (χ0) is 13.2. The molecule has 2 fully saturated rings. The summed E-state index contributed by atoms with van der Waals surface area (Å²) >= 11 is 1.70. The van der Waals surface area contributed by atoms with E-state index in [0.29, 0.717) is 6.61 Å². The Morgan fingerprint density at radius 3 is 2.95 bits per heavy atom. The van der Waals surface area contributed by atoms with E-state index in [4.69, 9.17) is 4.74 Å². The third-order valence-electron chi connectivity index (χ3n) is 3.76. The first kappa shape index (κ1) is 12.9. The Labute approximate surface area is 117 Å². The summed E-state index contributed by atoms with van der Waals surface area (Å²) in [5, 5.41) is 3.19. The normalized spacial score (nSPS) is 25.4. The van der Waals surface area contributed by atoms with Gasteiger partial charge in [-0.15, -0.1) is 11.3 Å². The van der Waals surface area contributed by atoms with Crippen molar-refractivity contribution in [2.45, 2.75) is 25.8 Å². The van der Waals surface area contributed by atoms with Crippen LogP contribution in [0.5, 0.6) is 0 Å². The monoisotopic (exact) mass is 281 g/mol. The predicted octanol–water partition coefficient (Wildman–Crippen LogP) is 1.28. The summed E-state index contributed by atoms with van der Waals surface area (Å²) in [5.74, 6) is -0.0430. The fourth-order valence-electron chi connectivity index (χ4n) is 2.74. The molecular weight excluding hydrogens is 262 g/mol. The van der Waals surface area contributed by atoms with Gasteiger partial charge in [-0.2, -0.15) is 0 Å². The van der Waals surface area contributed by atoms with Gasteiger partial charge in [0, 0.05) is 38.0 Å². The molecule has 0 aromatic carbocycles. The fourth-order valence-corrected chi connectivity index (χ4v) is 3.60. The molecule has 3 heterocycles. The highest BCUT2D eigenvalue weighted by Gasteiger charge is 2.33. The van der Waals surface area contributed by atoms with E-state index in [-0.39, 0.29) is 12.0 Å². The second-order valence-corrected chi connectivity index (χ2v) is 5.96. The first-order valence-corrected chi connectivity index (χ1v) is 7.70. The Morgan fingerprint density at radius 1 is 1.37 bits per heavy atom. The van der Waals surface area contributed by atoms with E-state index < -0.39 is 0 Å². The molecule has 1 aromatic rings. The summed E-state index contributed by atoms with van der Waals surface area (Å²) in [6, 6.07) is -0.0158. The van der Waals surface area contributed by atoms with Gasteiger partial charge in [0.2, 0.25) is 0 Å². The van der Waals surface area contributed by atoms with Gasteiger partial charge in [-0.05, 0) is 13.3 Å². The van der Waals surface area contributed by atoms with Crippen molar-refractivity contribution in [1.29, 1.82) is 0 Å². The zero-order valence-electron chi connectivity index (χ0n) is 11.2. The SMILES string of the molecule is Cc1csc(N2CCCN(C3CCOC3=O)CC2)n1. The number of hydrogen-bond donors (Lipinski definition) is 0. The van der Waals surface area contributed by atoms with Crippen molar-refractivity contribution in [3.05, 3.63) is 11.1 Å². The van der Waals surface area contributed by atoms with Crippen LogP contribution in [0.25, 0.3) is 0 Å². The van der Waals surface area contributed by atoms with E-state index in [1.54, 1.807) is 11.3 Å². The molecule has 0 amide bonds. The second kappa shape index (κ2) is 5.46. The lowest BCUT2D eigenvalue weighted by Gasteiger charge is -2.24. The van der Waals surface area contributed by atoms with Gasteiger partial charge in [-0.25, -0.2) is 4.98 Å². The minimum absolute atomic E-state index is 0.0158. The van der Waals surface area contributed by atoms with Crippen LogP contribution in [0.2, 0.25) is 0 Å². The van der Waals surface area contributed by atoms with E-state index in [1.807, 2.05) is 6.92 Å². The molecule has 0 saturated carbocycles. The molecule has 2 aliphatic heterocycles. The van der Waals surface area contributed by atoms with Crippen LogP contribution in [0.15, 0.2) is 5.38 Å². The lowest BCUT2D eigenvalue weighted by Crippen LogP contribution is -2.41. The van der Waals surface area contributed by atoms with Gasteiger partial charge in [0.25, 0.3) is 0 Å². The van der Waals surface area contributed by atoms with Crippen molar-refractivity contribution in [2.75, 3.05) is 37.7 Å². The van der Waals surface area contributed by atoms with Crippen LogP contribution in [0.4, 0.5) is 5.13 Å². The van der Waals surface area contributed by atoms with E-state index in [0.717, 1.165) is 49.8 Å². The molecule has 0 N–H and O–H groups in total. The molecule has 1 aromatic heterocycles. The van der Waals surface area contributed by atoms with Gasteiger partial charge >= 0.3 is 5.97 Å². The fraction of sp³-hybridized carbons (Fsp3) is 0.692. The number of nitrogens with zero attached hydrogens (tertiary/aromatic N) is 3. The van der Waals surface area contributed by atoms with Crippen molar-refractivity contribution in [3.63, 3.8) is 0 Å². The van der Waals surface area contributed by atoms with Crippen LogP contribution in [-0.4, -0.2) is 54.7 Å². The Balaban J connectivity index is 1.64. The van der Waals surface area contributed by atoms with Gasteiger partial charge in [0.15, 0.2) is 5.13 Å². The Hall–Kier alpha value is -1.14. The standard InChI is InChI=1S/C13H19N3O2S/c1-10-9-19-13(14-10)16-5-2-4-15(6-7-16)11-3-8-18-12(11)17/h9,11H,2-8H2,1H3. The topological polar surface area (TPSA) is 45.7 Å². The summed E-state index contributed by atoms with van der Waals surface area (Å²) in [7, 11) is 0. The number of ether oxygens (including phenoxy) is 1. The molecule has 0 radical (unpaired) electrons. The van der Waals surface area contributed by atoms with E-state index >= 15 is 0 Å². The third kappa shape index (κ3) is 2.74. The third-order valence-corrected chi connectivity index (χ3v) is 4.78. The van der Waals surface area contributed by atoms with Crippen molar-refractivity contribution in [3.8, 4) is 0 Å². The van der Waals surface area contributed by atoms with Gasteiger partial charge < -0.3 is 9.64 Å². The molecule has 104 valence electrons. The molecule has 3 rings (SSSR count). The van der Waals surface area contributed by atoms with Crippen molar-refractivity contribution in [1.82, 2.24) is 9.88 Å². The summed E-state index contributed by atoms with van der Waals surface area (Å²) < 4.78 is 5.07. The molecule has 6 heteroatoms. The van der Waals surface area contributed by atoms with Crippen molar-refractivity contribution < 1.29 is 9.53 Å². The molecule has 0 bridgehead atoms.